The van der Waals surface area contributed by atoms with Crippen molar-refractivity contribution in [2.75, 3.05) is 7.11 Å². The van der Waals surface area contributed by atoms with Crippen molar-refractivity contribution < 1.29 is 9.53 Å². The van der Waals surface area contributed by atoms with Gasteiger partial charge in [0.25, 0.3) is 0 Å². The average molecular weight is 192 g/mol. The van der Waals surface area contributed by atoms with Crippen molar-refractivity contribution in [1.82, 2.24) is 0 Å². The van der Waals surface area contributed by atoms with E-state index in [4.69, 9.17) is 4.74 Å². The second-order valence-electron chi connectivity index (χ2n) is 3.58. The number of rotatable bonds is 4. The minimum absolute atomic E-state index is 0.000145. The van der Waals surface area contributed by atoms with Crippen molar-refractivity contribution in [3.05, 3.63) is 35.9 Å². The Morgan fingerprint density at radius 3 is 2.21 bits per heavy atom. The van der Waals surface area contributed by atoms with Crippen LogP contribution in [0.15, 0.2) is 30.3 Å². The van der Waals surface area contributed by atoms with Gasteiger partial charge in [0.1, 0.15) is 6.10 Å². The van der Waals surface area contributed by atoms with Crippen LogP contribution in [-0.2, 0) is 9.53 Å². The van der Waals surface area contributed by atoms with Gasteiger partial charge in [0, 0.05) is 13.0 Å². The number of carbonyl (C=O) groups excluding carboxylic acids is 1. The molecular formula is C12H16O2. The van der Waals surface area contributed by atoms with E-state index >= 15 is 0 Å². The van der Waals surface area contributed by atoms with Gasteiger partial charge in [-0.05, 0) is 5.56 Å². The molecule has 0 bridgehead atoms. The summed E-state index contributed by atoms with van der Waals surface area (Å²) in [4.78, 5) is 11.7. The fourth-order valence-electron chi connectivity index (χ4n) is 1.35. The van der Waals surface area contributed by atoms with Crippen molar-refractivity contribution >= 4 is 5.78 Å². The second-order valence-corrected chi connectivity index (χ2v) is 3.58. The molecule has 0 saturated heterocycles. The van der Waals surface area contributed by atoms with Crippen molar-refractivity contribution in [2.24, 2.45) is 5.92 Å². The summed E-state index contributed by atoms with van der Waals surface area (Å²) >= 11 is 0. The number of carbonyl (C=O) groups is 1. The predicted octanol–water partition coefficient (Wildman–Crippen LogP) is 2.60. The topological polar surface area (TPSA) is 26.3 Å². The van der Waals surface area contributed by atoms with Gasteiger partial charge >= 0.3 is 0 Å². The van der Waals surface area contributed by atoms with Crippen molar-refractivity contribution in [3.63, 3.8) is 0 Å². The summed E-state index contributed by atoms with van der Waals surface area (Å²) in [6, 6.07) is 9.57. The first-order chi connectivity index (χ1) is 6.66. The number of methoxy groups -OCH3 is 1. The molecule has 0 aliphatic heterocycles. The van der Waals surface area contributed by atoms with Crippen LogP contribution in [0.25, 0.3) is 0 Å². The maximum atomic E-state index is 11.7. The quantitative estimate of drug-likeness (QED) is 0.733. The van der Waals surface area contributed by atoms with Crippen LogP contribution in [0.4, 0.5) is 0 Å². The van der Waals surface area contributed by atoms with Crippen LogP contribution in [0.2, 0.25) is 0 Å². The average Bonchev–Trinajstić information content (AvgIpc) is 2.20. The Labute approximate surface area is 84.9 Å². The molecule has 14 heavy (non-hydrogen) atoms. The van der Waals surface area contributed by atoms with E-state index in [0.717, 1.165) is 5.56 Å². The van der Waals surface area contributed by atoms with E-state index in [2.05, 4.69) is 0 Å². The zero-order chi connectivity index (χ0) is 10.6. The number of hydrogen-bond acceptors (Lipinski definition) is 2. The lowest BCUT2D eigenvalue weighted by atomic mass is 9.98. The molecular weight excluding hydrogens is 176 g/mol. The lowest BCUT2D eigenvalue weighted by Crippen LogP contribution is -2.19. The number of benzene rings is 1. The molecule has 0 heterocycles. The molecule has 76 valence electrons. The van der Waals surface area contributed by atoms with Gasteiger partial charge in [-0.2, -0.15) is 0 Å². The highest BCUT2D eigenvalue weighted by Gasteiger charge is 2.21. The maximum Gasteiger partial charge on any atom is 0.168 e. The lowest BCUT2D eigenvalue weighted by Gasteiger charge is -2.16. The Kier molecular flexibility index (Phi) is 3.84. The number of hydrogen-bond donors (Lipinski definition) is 0. The zero-order valence-electron chi connectivity index (χ0n) is 8.86. The normalized spacial score (nSPS) is 12.9. The zero-order valence-corrected chi connectivity index (χ0v) is 8.86. The van der Waals surface area contributed by atoms with Gasteiger partial charge < -0.3 is 4.74 Å². The molecule has 1 unspecified atom stereocenters. The SMILES string of the molecule is COC(C(=O)C(C)C)c1ccccc1. The predicted molar refractivity (Wildman–Crippen MR) is 56.0 cm³/mol. The molecule has 0 saturated carbocycles. The Morgan fingerprint density at radius 2 is 1.79 bits per heavy atom. The van der Waals surface area contributed by atoms with E-state index < -0.39 is 6.10 Å². The van der Waals surface area contributed by atoms with E-state index in [1.807, 2.05) is 44.2 Å². The molecule has 0 aliphatic rings. The van der Waals surface area contributed by atoms with E-state index in [0.29, 0.717) is 0 Å². The largest absolute Gasteiger partial charge is 0.369 e. The van der Waals surface area contributed by atoms with Crippen LogP contribution >= 0.6 is 0 Å². The third-order valence-corrected chi connectivity index (χ3v) is 2.17. The van der Waals surface area contributed by atoms with Crippen LogP contribution in [0.5, 0.6) is 0 Å². The van der Waals surface area contributed by atoms with Crippen LogP contribution in [-0.4, -0.2) is 12.9 Å². The molecule has 0 amide bonds. The Hall–Kier alpha value is -1.15. The molecule has 1 rings (SSSR count). The van der Waals surface area contributed by atoms with Crippen LogP contribution in [0.3, 0.4) is 0 Å². The highest BCUT2D eigenvalue weighted by molar-refractivity contribution is 5.85. The Bertz CT molecular complexity index is 290. The number of ether oxygens (including phenoxy) is 1. The summed E-state index contributed by atoms with van der Waals surface area (Å²) in [6.07, 6.45) is -0.420. The molecule has 1 aromatic rings. The van der Waals surface area contributed by atoms with Crippen molar-refractivity contribution in [2.45, 2.75) is 20.0 Å². The van der Waals surface area contributed by atoms with Crippen LogP contribution < -0.4 is 0 Å². The highest BCUT2D eigenvalue weighted by Crippen LogP contribution is 2.20. The standard InChI is InChI=1S/C12H16O2/c1-9(2)11(13)12(14-3)10-7-5-4-6-8-10/h4-9,12H,1-3H3. The van der Waals surface area contributed by atoms with E-state index in [1.54, 1.807) is 7.11 Å². The second kappa shape index (κ2) is 4.91. The van der Waals surface area contributed by atoms with Gasteiger partial charge in [0.2, 0.25) is 0 Å². The van der Waals surface area contributed by atoms with Gasteiger partial charge in [0.15, 0.2) is 5.78 Å². The summed E-state index contributed by atoms with van der Waals surface area (Å²) in [7, 11) is 1.57. The van der Waals surface area contributed by atoms with Crippen LogP contribution in [0.1, 0.15) is 25.5 Å². The fraction of sp³-hybridized carbons (Fsp3) is 0.417. The molecule has 0 spiro atoms. The summed E-state index contributed by atoms with van der Waals surface area (Å²) in [5, 5.41) is 0. The number of Topliss-reactive ketones (excluding diaryl/α,β-unsaturated/α-hetero) is 1. The number of ketones is 1. The van der Waals surface area contributed by atoms with Gasteiger partial charge in [-0.15, -0.1) is 0 Å². The van der Waals surface area contributed by atoms with Crippen molar-refractivity contribution in [3.8, 4) is 0 Å². The molecule has 0 aromatic heterocycles. The summed E-state index contributed by atoms with van der Waals surface area (Å²) in [6.45, 7) is 3.77. The summed E-state index contributed by atoms with van der Waals surface area (Å²) < 4.78 is 5.21. The fourth-order valence-corrected chi connectivity index (χ4v) is 1.35. The smallest absolute Gasteiger partial charge is 0.168 e. The highest BCUT2D eigenvalue weighted by atomic mass is 16.5. The Morgan fingerprint density at radius 1 is 1.21 bits per heavy atom. The Balaban J connectivity index is 2.88. The third kappa shape index (κ3) is 2.42. The molecule has 1 aromatic carbocycles. The maximum absolute atomic E-state index is 11.7. The first kappa shape index (κ1) is 10.9. The van der Waals surface area contributed by atoms with Gasteiger partial charge in [0.05, 0.1) is 0 Å². The summed E-state index contributed by atoms with van der Waals surface area (Å²) in [5.41, 5.74) is 0.925. The van der Waals surface area contributed by atoms with Gasteiger partial charge in [-0.1, -0.05) is 44.2 Å². The molecule has 0 radical (unpaired) electrons. The third-order valence-electron chi connectivity index (χ3n) is 2.17. The first-order valence-electron chi connectivity index (χ1n) is 4.78. The molecule has 2 heteroatoms. The minimum atomic E-state index is -0.420. The minimum Gasteiger partial charge on any atom is -0.369 e. The molecule has 0 N–H and O–H groups in total. The van der Waals surface area contributed by atoms with Gasteiger partial charge in [-0.25, -0.2) is 0 Å². The van der Waals surface area contributed by atoms with E-state index in [1.165, 1.54) is 0 Å². The van der Waals surface area contributed by atoms with E-state index in [9.17, 15) is 4.79 Å². The summed E-state index contributed by atoms with van der Waals surface area (Å²) in [5.74, 6) is 0.124. The molecule has 0 fully saturated rings. The van der Waals surface area contributed by atoms with Crippen molar-refractivity contribution in [1.29, 1.82) is 0 Å². The molecule has 1 atom stereocenters. The molecule has 2 nitrogen and oxygen atoms in total. The first-order valence-corrected chi connectivity index (χ1v) is 4.78. The van der Waals surface area contributed by atoms with E-state index in [-0.39, 0.29) is 11.7 Å². The van der Waals surface area contributed by atoms with Gasteiger partial charge in [-0.3, -0.25) is 4.79 Å². The molecule has 0 aliphatic carbocycles. The van der Waals surface area contributed by atoms with Crippen LogP contribution in [0, 0.1) is 5.92 Å². The lowest BCUT2D eigenvalue weighted by molar-refractivity contribution is -0.132. The monoisotopic (exact) mass is 192 g/mol.